The maximum atomic E-state index is 6.06. The zero-order valence-corrected chi connectivity index (χ0v) is 11.5. The van der Waals surface area contributed by atoms with Crippen LogP contribution in [0.15, 0.2) is 18.2 Å². The fraction of sp³-hybridized carbons (Fsp3) is 0.600. The smallest absolute Gasteiger partial charge is 0.119 e. The predicted octanol–water partition coefficient (Wildman–Crippen LogP) is 3.04. The van der Waals surface area contributed by atoms with Gasteiger partial charge in [0, 0.05) is 18.3 Å². The van der Waals surface area contributed by atoms with Crippen LogP contribution >= 0.6 is 0 Å². The summed E-state index contributed by atoms with van der Waals surface area (Å²) in [6.45, 7) is 4.43. The number of hydrogen-bond donors (Lipinski definition) is 1. The third-order valence-corrected chi connectivity index (χ3v) is 3.91. The van der Waals surface area contributed by atoms with Crippen LogP contribution in [0.25, 0.3) is 0 Å². The number of methoxy groups -OCH3 is 1. The van der Waals surface area contributed by atoms with Gasteiger partial charge in [-0.1, -0.05) is 12.8 Å². The minimum Gasteiger partial charge on any atom is -0.497 e. The third kappa shape index (κ3) is 3.16. The Kier molecular flexibility index (Phi) is 4.48. The molecule has 0 saturated carbocycles. The zero-order valence-electron chi connectivity index (χ0n) is 11.5. The number of nitrogen functional groups attached to an aromatic ring is 1. The molecule has 0 aliphatic carbocycles. The highest BCUT2D eigenvalue weighted by atomic mass is 16.5. The van der Waals surface area contributed by atoms with Crippen LogP contribution in [0.1, 0.15) is 38.2 Å². The summed E-state index contributed by atoms with van der Waals surface area (Å²) in [5.74, 6) is 0.890. The highest BCUT2D eigenvalue weighted by molar-refractivity contribution is 5.50. The van der Waals surface area contributed by atoms with E-state index in [2.05, 4.69) is 17.9 Å². The van der Waals surface area contributed by atoms with Gasteiger partial charge >= 0.3 is 0 Å². The molecule has 0 spiro atoms. The first-order valence-electron chi connectivity index (χ1n) is 6.87. The van der Waals surface area contributed by atoms with E-state index in [1.165, 1.54) is 37.8 Å². The SMILES string of the molecule is COc1ccc(N)c(CN2CCCCCC2C)c1. The highest BCUT2D eigenvalue weighted by Gasteiger charge is 2.17. The van der Waals surface area contributed by atoms with Gasteiger partial charge in [-0.2, -0.15) is 0 Å². The van der Waals surface area contributed by atoms with Gasteiger partial charge in [0.05, 0.1) is 7.11 Å². The lowest BCUT2D eigenvalue weighted by Crippen LogP contribution is -2.32. The van der Waals surface area contributed by atoms with Gasteiger partial charge in [-0.3, -0.25) is 4.90 Å². The van der Waals surface area contributed by atoms with E-state index in [0.29, 0.717) is 6.04 Å². The van der Waals surface area contributed by atoms with E-state index < -0.39 is 0 Å². The van der Waals surface area contributed by atoms with Crippen molar-refractivity contribution in [3.05, 3.63) is 23.8 Å². The fourth-order valence-corrected chi connectivity index (χ4v) is 2.63. The molecule has 0 aromatic heterocycles. The van der Waals surface area contributed by atoms with Crippen molar-refractivity contribution in [2.75, 3.05) is 19.4 Å². The van der Waals surface area contributed by atoms with Gasteiger partial charge in [-0.25, -0.2) is 0 Å². The largest absolute Gasteiger partial charge is 0.497 e. The summed E-state index contributed by atoms with van der Waals surface area (Å²) in [5.41, 5.74) is 8.11. The molecule has 1 atom stereocenters. The van der Waals surface area contributed by atoms with E-state index in [4.69, 9.17) is 10.5 Å². The summed E-state index contributed by atoms with van der Waals surface area (Å²) in [6.07, 6.45) is 5.30. The van der Waals surface area contributed by atoms with Crippen LogP contribution in [0.2, 0.25) is 0 Å². The second-order valence-corrected chi connectivity index (χ2v) is 5.23. The second kappa shape index (κ2) is 6.10. The molecule has 100 valence electrons. The lowest BCUT2D eigenvalue weighted by atomic mass is 10.1. The summed E-state index contributed by atoms with van der Waals surface area (Å²) in [7, 11) is 1.70. The molecule has 2 rings (SSSR count). The Balaban J connectivity index is 2.11. The van der Waals surface area contributed by atoms with Crippen LogP contribution in [-0.2, 0) is 6.54 Å². The molecule has 1 aliphatic heterocycles. The first-order chi connectivity index (χ1) is 8.70. The summed E-state index contributed by atoms with van der Waals surface area (Å²) in [4.78, 5) is 2.54. The van der Waals surface area contributed by atoms with E-state index in [-0.39, 0.29) is 0 Å². The molecule has 0 bridgehead atoms. The maximum absolute atomic E-state index is 6.06. The van der Waals surface area contributed by atoms with Crippen molar-refractivity contribution in [3.63, 3.8) is 0 Å². The maximum Gasteiger partial charge on any atom is 0.119 e. The normalized spacial score (nSPS) is 21.6. The zero-order chi connectivity index (χ0) is 13.0. The first-order valence-corrected chi connectivity index (χ1v) is 6.87. The Bertz CT molecular complexity index is 392. The Hall–Kier alpha value is -1.22. The molecular formula is C15H24N2O. The molecule has 0 radical (unpaired) electrons. The minimum atomic E-state index is 0.651. The molecule has 3 heteroatoms. The number of hydrogen-bond acceptors (Lipinski definition) is 3. The van der Waals surface area contributed by atoms with Crippen molar-refractivity contribution >= 4 is 5.69 Å². The molecule has 1 saturated heterocycles. The Morgan fingerprint density at radius 3 is 2.94 bits per heavy atom. The number of anilines is 1. The number of benzene rings is 1. The summed E-state index contributed by atoms with van der Waals surface area (Å²) >= 11 is 0. The first kappa shape index (κ1) is 13.2. The Labute approximate surface area is 110 Å². The number of nitrogens with zero attached hydrogens (tertiary/aromatic N) is 1. The number of ether oxygens (including phenoxy) is 1. The van der Waals surface area contributed by atoms with Gasteiger partial charge in [-0.15, -0.1) is 0 Å². The summed E-state index contributed by atoms with van der Waals surface area (Å²) < 4.78 is 5.28. The Morgan fingerprint density at radius 2 is 2.17 bits per heavy atom. The van der Waals surface area contributed by atoms with Gasteiger partial charge in [0.15, 0.2) is 0 Å². The van der Waals surface area contributed by atoms with Crippen LogP contribution in [0, 0.1) is 0 Å². The van der Waals surface area contributed by atoms with Gasteiger partial charge in [0.25, 0.3) is 0 Å². The van der Waals surface area contributed by atoms with Crippen molar-refractivity contribution in [2.45, 2.75) is 45.2 Å². The van der Waals surface area contributed by atoms with Crippen LogP contribution in [-0.4, -0.2) is 24.6 Å². The molecular weight excluding hydrogens is 224 g/mol. The van der Waals surface area contributed by atoms with E-state index in [1.54, 1.807) is 7.11 Å². The van der Waals surface area contributed by atoms with Crippen molar-refractivity contribution in [1.29, 1.82) is 0 Å². The van der Waals surface area contributed by atoms with Gasteiger partial charge in [0.2, 0.25) is 0 Å². The van der Waals surface area contributed by atoms with Crippen molar-refractivity contribution in [3.8, 4) is 5.75 Å². The van der Waals surface area contributed by atoms with Crippen LogP contribution in [0.5, 0.6) is 5.75 Å². The van der Waals surface area contributed by atoms with Crippen LogP contribution in [0.4, 0.5) is 5.69 Å². The molecule has 2 N–H and O–H groups in total. The molecule has 1 aromatic rings. The van der Waals surface area contributed by atoms with E-state index in [0.717, 1.165) is 18.0 Å². The molecule has 1 aromatic carbocycles. The molecule has 3 nitrogen and oxygen atoms in total. The topological polar surface area (TPSA) is 38.5 Å². The van der Waals surface area contributed by atoms with E-state index in [9.17, 15) is 0 Å². The Morgan fingerprint density at radius 1 is 1.33 bits per heavy atom. The molecule has 1 heterocycles. The quantitative estimate of drug-likeness (QED) is 0.836. The lowest BCUT2D eigenvalue weighted by molar-refractivity contribution is 0.205. The molecule has 1 fully saturated rings. The van der Waals surface area contributed by atoms with Crippen molar-refractivity contribution < 1.29 is 4.74 Å². The molecule has 1 unspecified atom stereocenters. The third-order valence-electron chi connectivity index (χ3n) is 3.91. The van der Waals surface area contributed by atoms with Gasteiger partial charge < -0.3 is 10.5 Å². The van der Waals surface area contributed by atoms with Crippen molar-refractivity contribution in [2.24, 2.45) is 0 Å². The summed E-state index contributed by atoms with van der Waals surface area (Å²) in [6, 6.07) is 6.58. The highest BCUT2D eigenvalue weighted by Crippen LogP contribution is 2.24. The average molecular weight is 248 g/mol. The fourth-order valence-electron chi connectivity index (χ4n) is 2.63. The monoisotopic (exact) mass is 248 g/mol. The number of likely N-dealkylation sites (tertiary alicyclic amines) is 1. The van der Waals surface area contributed by atoms with E-state index in [1.807, 2.05) is 12.1 Å². The minimum absolute atomic E-state index is 0.651. The average Bonchev–Trinajstić information content (AvgIpc) is 2.58. The molecule has 1 aliphatic rings. The van der Waals surface area contributed by atoms with Crippen LogP contribution in [0.3, 0.4) is 0 Å². The van der Waals surface area contributed by atoms with Gasteiger partial charge in [0.1, 0.15) is 5.75 Å². The molecule has 0 amide bonds. The summed E-state index contributed by atoms with van der Waals surface area (Å²) in [5, 5.41) is 0. The predicted molar refractivity (Wildman–Crippen MR) is 75.7 cm³/mol. The molecule has 18 heavy (non-hydrogen) atoms. The van der Waals surface area contributed by atoms with E-state index >= 15 is 0 Å². The number of nitrogens with two attached hydrogens (primary N) is 1. The second-order valence-electron chi connectivity index (χ2n) is 5.23. The standard InChI is InChI=1S/C15H24N2O/c1-12-6-4-3-5-9-17(12)11-13-10-14(18-2)7-8-15(13)16/h7-8,10,12H,3-6,9,11,16H2,1-2H3. The van der Waals surface area contributed by atoms with Crippen LogP contribution < -0.4 is 10.5 Å². The lowest BCUT2D eigenvalue weighted by Gasteiger charge is -2.27. The van der Waals surface area contributed by atoms with Crippen molar-refractivity contribution in [1.82, 2.24) is 4.90 Å². The number of rotatable bonds is 3. The van der Waals surface area contributed by atoms with Gasteiger partial charge in [-0.05, 0) is 50.1 Å².